The van der Waals surface area contributed by atoms with E-state index in [4.69, 9.17) is 9.68 Å². The van der Waals surface area contributed by atoms with Gasteiger partial charge in [0.05, 0.1) is 37.0 Å². The molecule has 0 atom stereocenters. The molecule has 2 aromatic heterocycles. The molecule has 0 radical (unpaired) electrons. The second-order valence-electron chi connectivity index (χ2n) is 7.28. The lowest BCUT2D eigenvalue weighted by atomic mass is 10.1. The van der Waals surface area contributed by atoms with E-state index in [-0.39, 0.29) is 0 Å². The molecule has 31 heavy (non-hydrogen) atoms. The monoisotopic (exact) mass is 416 g/mol. The molecule has 10 nitrogen and oxygen atoms in total. The number of allylic oxidation sites excluding steroid dienone is 3. The average molecular weight is 416 g/mol. The first kappa shape index (κ1) is 17.9. The zero-order valence-corrected chi connectivity index (χ0v) is 16.6. The minimum Gasteiger partial charge on any atom is -0.378 e. The number of benzene rings is 1. The van der Waals surface area contributed by atoms with Crippen molar-refractivity contribution in [3.05, 3.63) is 72.7 Å². The molecule has 0 unspecified atom stereocenters. The van der Waals surface area contributed by atoms with Gasteiger partial charge in [0, 0.05) is 36.2 Å². The number of aromatic nitrogens is 4. The lowest BCUT2D eigenvalue weighted by Gasteiger charge is -2.28. The minimum absolute atomic E-state index is 0.646. The van der Waals surface area contributed by atoms with Gasteiger partial charge in [-0.1, -0.05) is 0 Å². The first-order chi connectivity index (χ1) is 15.3. The molecule has 0 bridgehead atoms. The van der Waals surface area contributed by atoms with E-state index in [0.717, 1.165) is 49.0 Å². The maximum atomic E-state index is 5.43. The Morgan fingerprint density at radius 3 is 2.81 bits per heavy atom. The number of fused-ring (bicyclic) bond motifs is 2. The Hall–Kier alpha value is -3.89. The fraction of sp³-hybridized carbons (Fsp3) is 0.190. The van der Waals surface area contributed by atoms with E-state index in [2.05, 4.69) is 42.9 Å². The summed E-state index contributed by atoms with van der Waals surface area (Å²) in [7, 11) is 0. The Labute approximate surface area is 178 Å². The van der Waals surface area contributed by atoms with Crippen molar-refractivity contribution >= 4 is 28.4 Å². The van der Waals surface area contributed by atoms with Crippen molar-refractivity contribution in [1.29, 1.82) is 0 Å². The predicted octanol–water partition coefficient (Wildman–Crippen LogP) is 2.21. The molecule has 1 aromatic carbocycles. The molecule has 3 aliphatic heterocycles. The summed E-state index contributed by atoms with van der Waals surface area (Å²) in [5.41, 5.74) is 8.20. The van der Waals surface area contributed by atoms with E-state index in [0.29, 0.717) is 11.5 Å². The Balaban J connectivity index is 1.27. The van der Waals surface area contributed by atoms with Gasteiger partial charge in [0.15, 0.2) is 11.5 Å². The van der Waals surface area contributed by atoms with Crippen molar-refractivity contribution in [1.82, 2.24) is 30.1 Å². The third-order valence-electron chi connectivity index (χ3n) is 5.41. The third-order valence-corrected chi connectivity index (χ3v) is 5.41. The van der Waals surface area contributed by atoms with Gasteiger partial charge >= 0.3 is 0 Å². The fourth-order valence-corrected chi connectivity index (χ4v) is 3.81. The number of hydrogen-bond acceptors (Lipinski definition) is 9. The van der Waals surface area contributed by atoms with Crippen LogP contribution in [-0.4, -0.2) is 50.9 Å². The fourth-order valence-electron chi connectivity index (χ4n) is 3.81. The normalized spacial score (nSPS) is 17.9. The highest BCUT2D eigenvalue weighted by molar-refractivity contribution is 5.79. The van der Waals surface area contributed by atoms with Gasteiger partial charge in [0.25, 0.3) is 0 Å². The molecule has 0 saturated carbocycles. The van der Waals surface area contributed by atoms with Crippen LogP contribution in [0.25, 0.3) is 11.2 Å². The van der Waals surface area contributed by atoms with Crippen LogP contribution in [0.4, 0.5) is 17.2 Å². The molecule has 10 heteroatoms. The SMILES string of the molecule is C1=CN2ONC=C2C=C1c1cnc(Nc2ccc(N3CCOCC3)cc2)c2ncnn12. The van der Waals surface area contributed by atoms with Crippen molar-refractivity contribution in [2.75, 3.05) is 36.5 Å². The van der Waals surface area contributed by atoms with Crippen molar-refractivity contribution in [3.63, 3.8) is 0 Å². The molecule has 6 rings (SSSR count). The summed E-state index contributed by atoms with van der Waals surface area (Å²) in [5.74, 6) is 0.646. The van der Waals surface area contributed by atoms with E-state index >= 15 is 0 Å². The number of anilines is 3. The largest absolute Gasteiger partial charge is 0.378 e. The Morgan fingerprint density at radius 1 is 1.06 bits per heavy atom. The summed E-state index contributed by atoms with van der Waals surface area (Å²) < 4.78 is 7.22. The third kappa shape index (κ3) is 3.27. The maximum Gasteiger partial charge on any atom is 0.199 e. The second kappa shape index (κ2) is 7.42. The van der Waals surface area contributed by atoms with Crippen LogP contribution in [0.2, 0.25) is 0 Å². The first-order valence-corrected chi connectivity index (χ1v) is 10.1. The van der Waals surface area contributed by atoms with E-state index in [1.54, 1.807) is 22.0 Å². The first-order valence-electron chi connectivity index (χ1n) is 10.1. The highest BCUT2D eigenvalue weighted by atomic mass is 16.8. The molecular weight excluding hydrogens is 396 g/mol. The lowest BCUT2D eigenvalue weighted by Crippen LogP contribution is -2.36. The van der Waals surface area contributed by atoms with Gasteiger partial charge in [-0.05, 0) is 36.4 Å². The van der Waals surface area contributed by atoms with Crippen LogP contribution in [0.5, 0.6) is 0 Å². The second-order valence-corrected chi connectivity index (χ2v) is 7.28. The van der Waals surface area contributed by atoms with Crippen molar-refractivity contribution < 1.29 is 9.68 Å². The topological polar surface area (TPSA) is 92.1 Å². The molecule has 1 fully saturated rings. The smallest absolute Gasteiger partial charge is 0.199 e. The average Bonchev–Trinajstić information content (AvgIpc) is 3.50. The number of rotatable bonds is 4. The van der Waals surface area contributed by atoms with Crippen LogP contribution in [0.3, 0.4) is 0 Å². The van der Waals surface area contributed by atoms with Gasteiger partial charge in [-0.3, -0.25) is 0 Å². The van der Waals surface area contributed by atoms with Gasteiger partial charge in [-0.25, -0.2) is 25.0 Å². The summed E-state index contributed by atoms with van der Waals surface area (Å²) in [5, 5.41) is 9.42. The van der Waals surface area contributed by atoms with Crippen LogP contribution in [0, 0.1) is 0 Å². The summed E-state index contributed by atoms with van der Waals surface area (Å²) in [4.78, 5) is 16.6. The number of hydrogen-bond donors (Lipinski definition) is 2. The van der Waals surface area contributed by atoms with Gasteiger partial charge in [0.1, 0.15) is 6.33 Å². The summed E-state index contributed by atoms with van der Waals surface area (Å²) in [6.07, 6.45) is 10.9. The van der Waals surface area contributed by atoms with Gasteiger partial charge in [-0.2, -0.15) is 10.0 Å². The Bertz CT molecular complexity index is 1210. The van der Waals surface area contributed by atoms with Crippen molar-refractivity contribution in [3.8, 4) is 0 Å². The minimum atomic E-state index is 0.646. The van der Waals surface area contributed by atoms with E-state index in [9.17, 15) is 0 Å². The van der Waals surface area contributed by atoms with Crippen molar-refractivity contribution in [2.45, 2.75) is 0 Å². The molecule has 3 aliphatic rings. The quantitative estimate of drug-likeness (QED) is 0.664. The number of nitrogens with zero attached hydrogens (tertiary/aromatic N) is 6. The highest BCUT2D eigenvalue weighted by Gasteiger charge is 2.20. The molecule has 5 heterocycles. The molecular formula is C21H20N8O2. The Morgan fingerprint density at radius 2 is 1.94 bits per heavy atom. The highest BCUT2D eigenvalue weighted by Crippen LogP contribution is 2.28. The molecule has 1 saturated heterocycles. The van der Waals surface area contributed by atoms with Crippen molar-refractivity contribution in [2.24, 2.45) is 0 Å². The number of morpholine rings is 1. The molecule has 3 aromatic rings. The van der Waals surface area contributed by atoms with Crippen LogP contribution < -0.4 is 15.7 Å². The zero-order chi connectivity index (χ0) is 20.6. The van der Waals surface area contributed by atoms with Crippen LogP contribution >= 0.6 is 0 Å². The predicted molar refractivity (Wildman–Crippen MR) is 115 cm³/mol. The van der Waals surface area contributed by atoms with Gasteiger partial charge in [-0.15, -0.1) is 0 Å². The van der Waals surface area contributed by atoms with Crippen LogP contribution in [-0.2, 0) is 9.68 Å². The lowest BCUT2D eigenvalue weighted by molar-refractivity contribution is -0.112. The van der Waals surface area contributed by atoms with E-state index < -0.39 is 0 Å². The maximum absolute atomic E-state index is 5.43. The molecule has 156 valence electrons. The van der Waals surface area contributed by atoms with E-state index in [1.165, 1.54) is 12.0 Å². The summed E-state index contributed by atoms with van der Waals surface area (Å²) >= 11 is 0. The van der Waals surface area contributed by atoms with Gasteiger partial charge < -0.3 is 15.0 Å². The van der Waals surface area contributed by atoms with Crippen LogP contribution in [0.15, 0.2) is 67.0 Å². The zero-order valence-electron chi connectivity index (χ0n) is 16.6. The number of hydroxylamine groups is 3. The number of ether oxygens (including phenoxy) is 1. The Kier molecular flexibility index (Phi) is 4.29. The molecule has 2 N–H and O–H groups in total. The van der Waals surface area contributed by atoms with E-state index in [1.807, 2.05) is 30.5 Å². The summed E-state index contributed by atoms with van der Waals surface area (Å²) in [6, 6.07) is 8.32. The summed E-state index contributed by atoms with van der Waals surface area (Å²) in [6.45, 7) is 3.37. The molecule has 0 aliphatic carbocycles. The molecule has 0 spiro atoms. The molecule has 0 amide bonds. The van der Waals surface area contributed by atoms with Crippen LogP contribution in [0.1, 0.15) is 5.69 Å². The number of nitrogens with one attached hydrogen (secondary N) is 2. The standard InChI is InChI=1S/C21H20N8O2/c1-3-17(27-7-9-30-10-8-27)4-2-16(1)26-20-21-23-14-24-29(21)19(13-22-20)15-5-6-28-18(11-15)12-25-31-28/h1-6,11-14,25H,7-10H2,(H,22,26). The van der Waals surface area contributed by atoms with Gasteiger partial charge in [0.2, 0.25) is 0 Å².